The van der Waals surface area contributed by atoms with Gasteiger partial charge in [-0.25, -0.2) is 0 Å². The van der Waals surface area contributed by atoms with Crippen LogP contribution in [0.1, 0.15) is 37.2 Å². The van der Waals surface area contributed by atoms with E-state index in [1.165, 1.54) is 10.9 Å². The lowest BCUT2D eigenvalue weighted by Gasteiger charge is -2.26. The van der Waals surface area contributed by atoms with Gasteiger partial charge >= 0.3 is 5.97 Å². The Kier molecular flexibility index (Phi) is 3.20. The van der Waals surface area contributed by atoms with Crippen molar-refractivity contribution < 1.29 is 9.90 Å². The zero-order valence-electron chi connectivity index (χ0n) is 10.7. The van der Waals surface area contributed by atoms with E-state index in [0.29, 0.717) is 5.92 Å². The predicted molar refractivity (Wildman–Crippen MR) is 74.1 cm³/mol. The number of aliphatic carboxylic acids is 1. The summed E-state index contributed by atoms with van der Waals surface area (Å²) >= 11 is 0. The lowest BCUT2D eigenvalue weighted by molar-refractivity contribution is -0.142. The number of aromatic nitrogens is 1. The first-order valence-electron chi connectivity index (χ1n) is 6.82. The predicted octanol–water partition coefficient (Wildman–Crippen LogP) is 3.59. The molecule has 2 aromatic rings. The average Bonchev–Trinajstić information content (AvgIpc) is 2.47. The number of hydrogen-bond acceptors (Lipinski definition) is 2. The maximum atomic E-state index is 11.0. The Bertz CT molecular complexity index is 595. The van der Waals surface area contributed by atoms with Crippen LogP contribution in [0.15, 0.2) is 36.5 Å². The molecule has 1 aliphatic rings. The molecule has 1 N–H and O–H groups in total. The standard InChI is InChI=1S/C16H17NO2/c18-16(19)13-8-6-11(7-9-13)14-5-1-3-12-4-2-10-17-15(12)14/h1-5,10-11,13H,6-9H2,(H,18,19). The highest BCUT2D eigenvalue weighted by atomic mass is 16.4. The fourth-order valence-corrected chi connectivity index (χ4v) is 3.11. The van der Waals surface area contributed by atoms with Crippen LogP contribution in [0.4, 0.5) is 0 Å². The van der Waals surface area contributed by atoms with E-state index in [9.17, 15) is 4.79 Å². The first-order chi connectivity index (χ1) is 9.25. The van der Waals surface area contributed by atoms with E-state index in [2.05, 4.69) is 29.2 Å². The minimum atomic E-state index is -0.644. The molecule has 0 saturated heterocycles. The smallest absolute Gasteiger partial charge is 0.306 e. The summed E-state index contributed by atoms with van der Waals surface area (Å²) in [4.78, 5) is 15.5. The van der Waals surface area contributed by atoms with Gasteiger partial charge in [0.1, 0.15) is 0 Å². The second kappa shape index (κ2) is 5.00. The van der Waals surface area contributed by atoms with Crippen molar-refractivity contribution >= 4 is 16.9 Å². The normalized spacial score (nSPS) is 23.4. The van der Waals surface area contributed by atoms with Gasteiger partial charge in [0.05, 0.1) is 11.4 Å². The molecule has 19 heavy (non-hydrogen) atoms. The highest BCUT2D eigenvalue weighted by Crippen LogP contribution is 2.38. The zero-order valence-corrected chi connectivity index (χ0v) is 10.7. The first kappa shape index (κ1) is 12.2. The number of pyridine rings is 1. The van der Waals surface area contributed by atoms with Crippen LogP contribution in [0, 0.1) is 5.92 Å². The lowest BCUT2D eigenvalue weighted by atomic mass is 9.78. The van der Waals surface area contributed by atoms with Gasteiger partial charge in [0.15, 0.2) is 0 Å². The third-order valence-corrected chi connectivity index (χ3v) is 4.18. The van der Waals surface area contributed by atoms with Gasteiger partial charge in [-0.1, -0.05) is 24.3 Å². The Labute approximate surface area is 112 Å². The van der Waals surface area contributed by atoms with Gasteiger partial charge in [0.2, 0.25) is 0 Å². The number of rotatable bonds is 2. The fourth-order valence-electron chi connectivity index (χ4n) is 3.11. The number of carboxylic acid groups (broad SMARTS) is 1. The van der Waals surface area contributed by atoms with E-state index < -0.39 is 5.97 Å². The monoisotopic (exact) mass is 255 g/mol. The number of hydrogen-bond donors (Lipinski definition) is 1. The first-order valence-corrected chi connectivity index (χ1v) is 6.82. The van der Waals surface area contributed by atoms with Crippen LogP contribution >= 0.6 is 0 Å². The molecule has 0 spiro atoms. The molecule has 1 fully saturated rings. The molecule has 3 nitrogen and oxygen atoms in total. The quantitative estimate of drug-likeness (QED) is 0.892. The van der Waals surface area contributed by atoms with Crippen LogP contribution in [-0.4, -0.2) is 16.1 Å². The molecule has 3 heteroatoms. The Morgan fingerprint density at radius 1 is 1.11 bits per heavy atom. The van der Waals surface area contributed by atoms with Crippen molar-refractivity contribution in [1.82, 2.24) is 4.98 Å². The highest BCUT2D eigenvalue weighted by Gasteiger charge is 2.27. The second-order valence-corrected chi connectivity index (χ2v) is 5.31. The maximum Gasteiger partial charge on any atom is 0.306 e. The summed E-state index contributed by atoms with van der Waals surface area (Å²) in [5, 5.41) is 10.2. The Morgan fingerprint density at radius 3 is 2.58 bits per heavy atom. The van der Waals surface area contributed by atoms with Crippen LogP contribution in [-0.2, 0) is 4.79 Å². The topological polar surface area (TPSA) is 50.2 Å². The van der Waals surface area contributed by atoms with E-state index >= 15 is 0 Å². The van der Waals surface area contributed by atoms with Gasteiger partial charge in [-0.3, -0.25) is 9.78 Å². The van der Waals surface area contributed by atoms with E-state index in [0.717, 1.165) is 31.2 Å². The summed E-state index contributed by atoms with van der Waals surface area (Å²) in [6.45, 7) is 0. The summed E-state index contributed by atoms with van der Waals surface area (Å²) < 4.78 is 0. The second-order valence-electron chi connectivity index (χ2n) is 5.31. The van der Waals surface area contributed by atoms with E-state index in [-0.39, 0.29) is 5.92 Å². The van der Waals surface area contributed by atoms with Crippen molar-refractivity contribution in [3.05, 3.63) is 42.1 Å². The van der Waals surface area contributed by atoms with Gasteiger partial charge in [-0.05, 0) is 43.2 Å². The largest absolute Gasteiger partial charge is 0.481 e. The molecule has 98 valence electrons. The zero-order chi connectivity index (χ0) is 13.2. The molecule has 1 saturated carbocycles. The molecule has 0 unspecified atom stereocenters. The van der Waals surface area contributed by atoms with Crippen LogP contribution in [0.25, 0.3) is 10.9 Å². The number of fused-ring (bicyclic) bond motifs is 1. The average molecular weight is 255 g/mol. The number of benzene rings is 1. The SMILES string of the molecule is O=C(O)C1CCC(c2cccc3cccnc23)CC1. The van der Waals surface area contributed by atoms with Gasteiger partial charge in [0, 0.05) is 11.6 Å². The van der Waals surface area contributed by atoms with E-state index in [1.54, 1.807) is 0 Å². The van der Waals surface area contributed by atoms with Crippen LogP contribution in [0.3, 0.4) is 0 Å². The summed E-state index contributed by atoms with van der Waals surface area (Å²) in [5.74, 6) is -0.345. The summed E-state index contributed by atoms with van der Waals surface area (Å²) in [6, 6.07) is 10.3. The fraction of sp³-hybridized carbons (Fsp3) is 0.375. The van der Waals surface area contributed by atoms with Crippen LogP contribution in [0.2, 0.25) is 0 Å². The molecule has 1 aromatic carbocycles. The van der Waals surface area contributed by atoms with Crippen molar-refractivity contribution in [2.75, 3.05) is 0 Å². The number of nitrogens with zero attached hydrogens (tertiary/aromatic N) is 1. The Hall–Kier alpha value is -1.90. The molecule has 0 amide bonds. The highest BCUT2D eigenvalue weighted by molar-refractivity contribution is 5.82. The molecule has 3 rings (SSSR count). The van der Waals surface area contributed by atoms with Gasteiger partial charge in [-0.2, -0.15) is 0 Å². The summed E-state index contributed by atoms with van der Waals surface area (Å²) in [7, 11) is 0. The minimum absolute atomic E-state index is 0.154. The Morgan fingerprint density at radius 2 is 1.84 bits per heavy atom. The van der Waals surface area contributed by atoms with Crippen LogP contribution < -0.4 is 0 Å². The van der Waals surface area contributed by atoms with Crippen molar-refractivity contribution in [2.24, 2.45) is 5.92 Å². The molecular formula is C16H17NO2. The van der Waals surface area contributed by atoms with Crippen molar-refractivity contribution in [2.45, 2.75) is 31.6 Å². The van der Waals surface area contributed by atoms with Gasteiger partial charge in [0.25, 0.3) is 0 Å². The Balaban J connectivity index is 1.88. The summed E-state index contributed by atoms with van der Waals surface area (Å²) in [5.41, 5.74) is 2.35. The maximum absolute atomic E-state index is 11.0. The lowest BCUT2D eigenvalue weighted by Crippen LogP contribution is -2.20. The van der Waals surface area contributed by atoms with E-state index in [4.69, 9.17) is 5.11 Å². The third-order valence-electron chi connectivity index (χ3n) is 4.18. The summed E-state index contributed by atoms with van der Waals surface area (Å²) in [6.07, 6.45) is 5.29. The van der Waals surface area contributed by atoms with Gasteiger partial charge < -0.3 is 5.11 Å². The molecular weight excluding hydrogens is 238 g/mol. The molecule has 1 aromatic heterocycles. The molecule has 0 radical (unpaired) electrons. The molecule has 0 bridgehead atoms. The third kappa shape index (κ3) is 2.33. The number of carboxylic acids is 1. The van der Waals surface area contributed by atoms with Crippen LogP contribution in [0.5, 0.6) is 0 Å². The van der Waals surface area contributed by atoms with Crippen molar-refractivity contribution in [3.8, 4) is 0 Å². The number of para-hydroxylation sites is 1. The molecule has 1 heterocycles. The minimum Gasteiger partial charge on any atom is -0.481 e. The van der Waals surface area contributed by atoms with Crippen molar-refractivity contribution in [3.63, 3.8) is 0 Å². The number of carbonyl (C=O) groups is 1. The van der Waals surface area contributed by atoms with E-state index in [1.807, 2.05) is 12.3 Å². The molecule has 1 aliphatic carbocycles. The van der Waals surface area contributed by atoms with Gasteiger partial charge in [-0.15, -0.1) is 0 Å². The van der Waals surface area contributed by atoms with Crippen molar-refractivity contribution in [1.29, 1.82) is 0 Å². The molecule has 0 aliphatic heterocycles. The molecule has 0 atom stereocenters.